The summed E-state index contributed by atoms with van der Waals surface area (Å²) >= 11 is 0. The van der Waals surface area contributed by atoms with E-state index in [-0.39, 0.29) is 12.3 Å². The molecule has 0 radical (unpaired) electrons. The molecule has 0 saturated carbocycles. The summed E-state index contributed by atoms with van der Waals surface area (Å²) in [7, 11) is 0. The van der Waals surface area contributed by atoms with Gasteiger partial charge in [-0.15, -0.1) is 0 Å². The summed E-state index contributed by atoms with van der Waals surface area (Å²) in [6, 6.07) is 0. The van der Waals surface area contributed by atoms with E-state index in [1.807, 2.05) is 0 Å². The van der Waals surface area contributed by atoms with Gasteiger partial charge in [0.25, 0.3) is 0 Å². The summed E-state index contributed by atoms with van der Waals surface area (Å²) in [5.74, 6) is 0. The van der Waals surface area contributed by atoms with Crippen molar-refractivity contribution in [2.45, 2.75) is 18.4 Å². The van der Waals surface area contributed by atoms with Gasteiger partial charge in [0.05, 0.1) is 12.1 Å². The second-order valence-corrected chi connectivity index (χ2v) is 3.53. The summed E-state index contributed by atoms with van der Waals surface area (Å²) in [6.07, 6.45) is 2.72. The molecule has 0 aromatic carbocycles. The second-order valence-electron chi connectivity index (χ2n) is 3.53. The van der Waals surface area contributed by atoms with Crippen LogP contribution in [0.2, 0.25) is 0 Å². The molecule has 0 aliphatic carbocycles. The van der Waals surface area contributed by atoms with Crippen molar-refractivity contribution in [2.24, 2.45) is 0 Å². The quantitative estimate of drug-likeness (QED) is 0.645. The van der Waals surface area contributed by atoms with Crippen molar-refractivity contribution in [1.82, 2.24) is 14.8 Å². The van der Waals surface area contributed by atoms with Crippen molar-refractivity contribution in [1.29, 1.82) is 0 Å². The van der Waals surface area contributed by atoms with Gasteiger partial charge >= 0.3 is 5.69 Å². The van der Waals surface area contributed by atoms with Crippen LogP contribution in [0.15, 0.2) is 11.1 Å². The van der Waals surface area contributed by atoms with Crippen LogP contribution in [0.25, 0.3) is 0 Å². The molecular formula is C8H13N3O3. The fourth-order valence-electron chi connectivity index (χ4n) is 1.81. The lowest BCUT2D eigenvalue weighted by molar-refractivity contribution is -0.00992. The molecule has 0 atom stereocenters. The van der Waals surface area contributed by atoms with E-state index in [4.69, 9.17) is 4.74 Å². The van der Waals surface area contributed by atoms with Gasteiger partial charge in [0.15, 0.2) is 0 Å². The summed E-state index contributed by atoms with van der Waals surface area (Å²) in [5, 5.41) is 15.4. The normalized spacial score (nSPS) is 20.9. The van der Waals surface area contributed by atoms with Crippen molar-refractivity contribution in [3.63, 3.8) is 0 Å². The summed E-state index contributed by atoms with van der Waals surface area (Å²) in [6.45, 7) is 1.08. The number of rotatable bonds is 2. The Hall–Kier alpha value is -1.14. The number of aromatic nitrogens is 3. The van der Waals surface area contributed by atoms with Crippen LogP contribution in [0.5, 0.6) is 0 Å². The average Bonchev–Trinajstić information content (AvgIpc) is 2.66. The van der Waals surface area contributed by atoms with E-state index in [9.17, 15) is 9.90 Å². The fraction of sp³-hybridized carbons (Fsp3) is 0.750. The molecule has 78 valence electrons. The van der Waals surface area contributed by atoms with Gasteiger partial charge < -0.3 is 9.84 Å². The SMILES string of the molecule is O=c1[nH]ncn1C1(CO)CCOCC1. The first kappa shape index (κ1) is 9.42. The van der Waals surface area contributed by atoms with Crippen LogP contribution in [-0.2, 0) is 10.3 Å². The number of aromatic amines is 1. The zero-order valence-corrected chi connectivity index (χ0v) is 7.77. The molecular weight excluding hydrogens is 186 g/mol. The molecule has 1 saturated heterocycles. The number of hydrogen-bond donors (Lipinski definition) is 2. The second kappa shape index (κ2) is 3.55. The highest BCUT2D eigenvalue weighted by Crippen LogP contribution is 2.26. The fourth-order valence-corrected chi connectivity index (χ4v) is 1.81. The number of nitrogens with one attached hydrogen (secondary N) is 1. The number of nitrogens with zero attached hydrogens (tertiary/aromatic N) is 2. The van der Waals surface area contributed by atoms with E-state index in [0.717, 1.165) is 0 Å². The van der Waals surface area contributed by atoms with Crippen molar-refractivity contribution in [3.05, 3.63) is 16.8 Å². The van der Waals surface area contributed by atoms with Crippen molar-refractivity contribution >= 4 is 0 Å². The molecule has 1 fully saturated rings. The Bertz CT molecular complexity index is 351. The van der Waals surface area contributed by atoms with Crippen LogP contribution in [0.4, 0.5) is 0 Å². The molecule has 2 heterocycles. The Morgan fingerprint density at radius 1 is 1.64 bits per heavy atom. The van der Waals surface area contributed by atoms with E-state index in [2.05, 4.69) is 10.2 Å². The molecule has 6 nitrogen and oxygen atoms in total. The van der Waals surface area contributed by atoms with Crippen LogP contribution >= 0.6 is 0 Å². The Kier molecular flexibility index (Phi) is 2.39. The first-order chi connectivity index (χ1) is 6.78. The third-order valence-electron chi connectivity index (χ3n) is 2.78. The van der Waals surface area contributed by atoms with E-state index in [0.29, 0.717) is 26.1 Å². The van der Waals surface area contributed by atoms with Crippen molar-refractivity contribution < 1.29 is 9.84 Å². The molecule has 1 aromatic heterocycles. The molecule has 0 spiro atoms. The van der Waals surface area contributed by atoms with Crippen molar-refractivity contribution in [2.75, 3.05) is 19.8 Å². The number of ether oxygens (including phenoxy) is 1. The maximum atomic E-state index is 11.4. The Labute approximate surface area is 80.5 Å². The minimum Gasteiger partial charge on any atom is -0.394 e. The van der Waals surface area contributed by atoms with Gasteiger partial charge in [-0.1, -0.05) is 0 Å². The lowest BCUT2D eigenvalue weighted by atomic mass is 9.91. The van der Waals surface area contributed by atoms with Gasteiger partial charge in [-0.05, 0) is 12.8 Å². The summed E-state index contributed by atoms with van der Waals surface area (Å²) in [4.78, 5) is 11.4. The highest BCUT2D eigenvalue weighted by atomic mass is 16.5. The summed E-state index contributed by atoms with van der Waals surface area (Å²) in [5.41, 5.74) is -0.802. The van der Waals surface area contributed by atoms with Crippen LogP contribution in [0.3, 0.4) is 0 Å². The zero-order valence-electron chi connectivity index (χ0n) is 7.77. The molecule has 1 aliphatic rings. The number of aliphatic hydroxyl groups excluding tert-OH is 1. The lowest BCUT2D eigenvalue weighted by Crippen LogP contribution is -2.46. The predicted octanol–water partition coefficient (Wildman–Crippen LogP) is -0.931. The maximum absolute atomic E-state index is 11.4. The number of aliphatic hydroxyl groups is 1. The Morgan fingerprint density at radius 2 is 2.36 bits per heavy atom. The highest BCUT2D eigenvalue weighted by Gasteiger charge is 2.35. The van der Waals surface area contributed by atoms with E-state index >= 15 is 0 Å². The molecule has 1 aliphatic heterocycles. The minimum atomic E-state index is -0.525. The van der Waals surface area contributed by atoms with Gasteiger partial charge in [0, 0.05) is 13.2 Å². The Balaban J connectivity index is 2.36. The molecule has 2 N–H and O–H groups in total. The zero-order chi connectivity index (χ0) is 10.0. The smallest absolute Gasteiger partial charge is 0.343 e. The largest absolute Gasteiger partial charge is 0.394 e. The van der Waals surface area contributed by atoms with Crippen LogP contribution in [0, 0.1) is 0 Å². The minimum absolute atomic E-state index is 0.0597. The van der Waals surface area contributed by atoms with Gasteiger partial charge in [-0.25, -0.2) is 9.89 Å². The molecule has 0 amide bonds. The maximum Gasteiger partial charge on any atom is 0.343 e. The average molecular weight is 199 g/mol. The molecule has 0 bridgehead atoms. The topological polar surface area (TPSA) is 80.1 Å². The van der Waals surface area contributed by atoms with E-state index in [1.165, 1.54) is 10.9 Å². The monoisotopic (exact) mass is 199 g/mol. The third kappa shape index (κ3) is 1.36. The number of H-pyrrole nitrogens is 1. The molecule has 2 rings (SSSR count). The lowest BCUT2D eigenvalue weighted by Gasteiger charge is -2.35. The third-order valence-corrected chi connectivity index (χ3v) is 2.78. The van der Waals surface area contributed by atoms with Gasteiger partial charge in [0.2, 0.25) is 0 Å². The standard InChI is InChI=1S/C8H13N3O3/c12-5-8(1-3-14-4-2-8)11-6-9-10-7(11)13/h6,12H,1-5H2,(H,10,13). The van der Waals surface area contributed by atoms with Gasteiger partial charge in [0.1, 0.15) is 6.33 Å². The highest BCUT2D eigenvalue weighted by molar-refractivity contribution is 4.90. The van der Waals surface area contributed by atoms with Crippen LogP contribution in [-0.4, -0.2) is 39.7 Å². The van der Waals surface area contributed by atoms with Crippen LogP contribution in [0.1, 0.15) is 12.8 Å². The van der Waals surface area contributed by atoms with Crippen molar-refractivity contribution in [3.8, 4) is 0 Å². The van der Waals surface area contributed by atoms with Crippen LogP contribution < -0.4 is 5.69 Å². The van der Waals surface area contributed by atoms with Gasteiger partial charge in [-0.3, -0.25) is 4.57 Å². The molecule has 0 unspecified atom stereocenters. The Morgan fingerprint density at radius 3 is 2.86 bits per heavy atom. The molecule has 1 aromatic rings. The molecule has 6 heteroatoms. The molecule has 14 heavy (non-hydrogen) atoms. The first-order valence-electron chi connectivity index (χ1n) is 4.60. The van der Waals surface area contributed by atoms with Gasteiger partial charge in [-0.2, -0.15) is 5.10 Å². The van der Waals surface area contributed by atoms with E-state index in [1.54, 1.807) is 0 Å². The first-order valence-corrected chi connectivity index (χ1v) is 4.60. The van der Waals surface area contributed by atoms with E-state index < -0.39 is 5.54 Å². The number of hydrogen-bond acceptors (Lipinski definition) is 4. The summed E-state index contributed by atoms with van der Waals surface area (Å²) < 4.78 is 6.68. The predicted molar refractivity (Wildman–Crippen MR) is 48.0 cm³/mol.